The molecule has 104 valence electrons. The smallest absolute Gasteiger partial charge is 0.228 e. The van der Waals surface area contributed by atoms with E-state index in [9.17, 15) is 4.79 Å². The first-order chi connectivity index (χ1) is 9.58. The Balaban J connectivity index is 2.02. The van der Waals surface area contributed by atoms with Crippen LogP contribution in [0, 0.1) is 0 Å². The van der Waals surface area contributed by atoms with Crippen LogP contribution in [0.25, 0.3) is 0 Å². The van der Waals surface area contributed by atoms with E-state index in [0.29, 0.717) is 23.5 Å². The summed E-state index contributed by atoms with van der Waals surface area (Å²) in [5, 5.41) is 2.82. The third-order valence-corrected chi connectivity index (χ3v) is 3.32. The summed E-state index contributed by atoms with van der Waals surface area (Å²) in [4.78, 5) is 12.0. The Hall–Kier alpha value is -2.01. The molecule has 0 radical (unpaired) electrons. The zero-order valence-corrected chi connectivity index (χ0v) is 12.6. The highest BCUT2D eigenvalue weighted by Crippen LogP contribution is 2.25. The van der Waals surface area contributed by atoms with Crippen molar-refractivity contribution in [2.24, 2.45) is 0 Å². The second-order valence-electron chi connectivity index (χ2n) is 4.31. The van der Waals surface area contributed by atoms with Gasteiger partial charge in [0, 0.05) is 16.2 Å². The molecule has 1 amide bonds. The molecule has 0 saturated carbocycles. The predicted octanol–water partition coefficient (Wildman–Crippen LogP) is 3.22. The first kappa shape index (κ1) is 14.4. The Bertz CT molecular complexity index is 612. The van der Waals surface area contributed by atoms with Gasteiger partial charge in [0.05, 0.1) is 19.2 Å². The van der Waals surface area contributed by atoms with Crippen molar-refractivity contribution in [3.63, 3.8) is 0 Å². The predicted molar refractivity (Wildman–Crippen MR) is 83.9 cm³/mol. The van der Waals surface area contributed by atoms with E-state index in [1.54, 1.807) is 25.3 Å². The van der Waals surface area contributed by atoms with Crippen molar-refractivity contribution in [2.75, 3.05) is 18.2 Å². The Kier molecular flexibility index (Phi) is 4.63. The topological polar surface area (TPSA) is 64.3 Å². The van der Waals surface area contributed by atoms with E-state index in [4.69, 9.17) is 10.5 Å². The highest BCUT2D eigenvalue weighted by Gasteiger charge is 2.06. The second kappa shape index (κ2) is 6.43. The molecule has 0 bridgehead atoms. The molecule has 0 aromatic heterocycles. The van der Waals surface area contributed by atoms with Gasteiger partial charge in [-0.15, -0.1) is 0 Å². The van der Waals surface area contributed by atoms with Gasteiger partial charge in [0.25, 0.3) is 0 Å². The number of carbonyl (C=O) groups is 1. The molecule has 0 unspecified atom stereocenters. The summed E-state index contributed by atoms with van der Waals surface area (Å²) >= 11 is 3.36. The van der Waals surface area contributed by atoms with Crippen LogP contribution in [0.5, 0.6) is 5.75 Å². The number of ether oxygens (including phenoxy) is 1. The molecule has 20 heavy (non-hydrogen) atoms. The molecule has 0 aliphatic heterocycles. The minimum atomic E-state index is -0.0841. The lowest BCUT2D eigenvalue weighted by atomic mass is 10.1. The summed E-state index contributed by atoms with van der Waals surface area (Å²) in [6, 6.07) is 12.8. The van der Waals surface area contributed by atoms with Gasteiger partial charge in [0.1, 0.15) is 5.75 Å². The largest absolute Gasteiger partial charge is 0.495 e. The van der Waals surface area contributed by atoms with Gasteiger partial charge >= 0.3 is 0 Å². The normalized spacial score (nSPS) is 10.1. The van der Waals surface area contributed by atoms with Gasteiger partial charge < -0.3 is 15.8 Å². The zero-order chi connectivity index (χ0) is 14.5. The summed E-state index contributed by atoms with van der Waals surface area (Å²) in [7, 11) is 1.54. The van der Waals surface area contributed by atoms with E-state index in [1.807, 2.05) is 24.3 Å². The SMILES string of the molecule is COc1cc(NC(=O)Cc2ccc(Br)cc2)ccc1N. The van der Waals surface area contributed by atoms with Crippen LogP contribution in [-0.2, 0) is 11.2 Å². The van der Waals surface area contributed by atoms with Crippen molar-refractivity contribution < 1.29 is 9.53 Å². The summed E-state index contributed by atoms with van der Waals surface area (Å²) in [5.74, 6) is 0.464. The summed E-state index contributed by atoms with van der Waals surface area (Å²) < 4.78 is 6.11. The highest BCUT2D eigenvalue weighted by atomic mass is 79.9. The number of nitrogens with two attached hydrogens (primary N) is 1. The number of amides is 1. The Morgan fingerprint density at radius 2 is 1.95 bits per heavy atom. The van der Waals surface area contributed by atoms with Crippen molar-refractivity contribution in [3.8, 4) is 5.75 Å². The number of anilines is 2. The first-order valence-corrected chi connectivity index (χ1v) is 6.85. The molecule has 0 atom stereocenters. The van der Waals surface area contributed by atoms with Crippen LogP contribution in [0.15, 0.2) is 46.9 Å². The molecule has 0 aliphatic carbocycles. The lowest BCUT2D eigenvalue weighted by Crippen LogP contribution is -2.14. The fourth-order valence-corrected chi connectivity index (χ4v) is 2.05. The average Bonchev–Trinajstić information content (AvgIpc) is 2.43. The van der Waals surface area contributed by atoms with Crippen molar-refractivity contribution in [3.05, 3.63) is 52.5 Å². The number of nitrogens with one attached hydrogen (secondary N) is 1. The second-order valence-corrected chi connectivity index (χ2v) is 5.22. The van der Waals surface area contributed by atoms with Gasteiger partial charge in [-0.3, -0.25) is 4.79 Å². The van der Waals surface area contributed by atoms with Gasteiger partial charge in [-0.2, -0.15) is 0 Å². The standard InChI is InChI=1S/C15H15BrN2O2/c1-20-14-9-12(6-7-13(14)17)18-15(19)8-10-2-4-11(16)5-3-10/h2-7,9H,8,17H2,1H3,(H,18,19). The van der Waals surface area contributed by atoms with Crippen LogP contribution >= 0.6 is 15.9 Å². The number of carbonyl (C=O) groups excluding carboxylic acids is 1. The molecule has 0 fully saturated rings. The van der Waals surface area contributed by atoms with E-state index < -0.39 is 0 Å². The maximum atomic E-state index is 12.0. The summed E-state index contributed by atoms with van der Waals surface area (Å²) in [6.07, 6.45) is 0.319. The van der Waals surface area contributed by atoms with Gasteiger partial charge in [-0.25, -0.2) is 0 Å². The zero-order valence-electron chi connectivity index (χ0n) is 11.0. The third-order valence-electron chi connectivity index (χ3n) is 2.80. The molecule has 2 aromatic rings. The maximum Gasteiger partial charge on any atom is 0.228 e. The first-order valence-electron chi connectivity index (χ1n) is 6.06. The molecule has 3 N–H and O–H groups in total. The van der Waals surface area contributed by atoms with E-state index in [0.717, 1.165) is 10.0 Å². The van der Waals surface area contributed by atoms with Crippen LogP contribution < -0.4 is 15.8 Å². The van der Waals surface area contributed by atoms with Gasteiger partial charge in [-0.1, -0.05) is 28.1 Å². The van der Waals surface area contributed by atoms with Crippen LogP contribution in [0.2, 0.25) is 0 Å². The van der Waals surface area contributed by atoms with Crippen LogP contribution in [0.1, 0.15) is 5.56 Å². The molecule has 0 saturated heterocycles. The fraction of sp³-hybridized carbons (Fsp3) is 0.133. The van der Waals surface area contributed by atoms with E-state index >= 15 is 0 Å². The minimum Gasteiger partial charge on any atom is -0.495 e. The Morgan fingerprint density at radius 3 is 2.60 bits per heavy atom. The van der Waals surface area contributed by atoms with E-state index in [-0.39, 0.29) is 5.91 Å². The van der Waals surface area contributed by atoms with Crippen molar-refractivity contribution in [1.82, 2.24) is 0 Å². The number of hydrogen-bond donors (Lipinski definition) is 2. The van der Waals surface area contributed by atoms with Crippen LogP contribution in [0.4, 0.5) is 11.4 Å². The van der Waals surface area contributed by atoms with Gasteiger partial charge in [0.2, 0.25) is 5.91 Å². The highest BCUT2D eigenvalue weighted by molar-refractivity contribution is 9.10. The molecule has 0 aliphatic rings. The number of rotatable bonds is 4. The molecule has 2 rings (SSSR count). The molecule has 2 aromatic carbocycles. The Morgan fingerprint density at radius 1 is 1.25 bits per heavy atom. The van der Waals surface area contributed by atoms with Crippen molar-refractivity contribution in [2.45, 2.75) is 6.42 Å². The quantitative estimate of drug-likeness (QED) is 0.843. The number of hydrogen-bond acceptors (Lipinski definition) is 3. The molecule has 5 heteroatoms. The monoisotopic (exact) mass is 334 g/mol. The van der Waals surface area contributed by atoms with Gasteiger partial charge in [0.15, 0.2) is 0 Å². The number of benzene rings is 2. The summed E-state index contributed by atoms with van der Waals surface area (Å²) in [5.41, 5.74) is 7.88. The lowest BCUT2D eigenvalue weighted by Gasteiger charge is -2.09. The molecule has 0 spiro atoms. The lowest BCUT2D eigenvalue weighted by molar-refractivity contribution is -0.115. The van der Waals surface area contributed by atoms with Crippen LogP contribution in [0.3, 0.4) is 0 Å². The average molecular weight is 335 g/mol. The number of nitrogen functional groups attached to an aromatic ring is 1. The molecule has 4 nitrogen and oxygen atoms in total. The van der Waals surface area contributed by atoms with Crippen molar-refractivity contribution in [1.29, 1.82) is 0 Å². The fourth-order valence-electron chi connectivity index (χ4n) is 1.78. The van der Waals surface area contributed by atoms with Crippen LogP contribution in [-0.4, -0.2) is 13.0 Å². The molecular weight excluding hydrogens is 320 g/mol. The molecule has 0 heterocycles. The maximum absolute atomic E-state index is 12.0. The Labute approximate surface area is 126 Å². The van der Waals surface area contributed by atoms with E-state index in [1.165, 1.54) is 0 Å². The molecular formula is C15H15BrN2O2. The van der Waals surface area contributed by atoms with Crippen molar-refractivity contribution >= 4 is 33.2 Å². The number of halogens is 1. The summed E-state index contributed by atoms with van der Waals surface area (Å²) in [6.45, 7) is 0. The minimum absolute atomic E-state index is 0.0841. The number of methoxy groups -OCH3 is 1. The van der Waals surface area contributed by atoms with Gasteiger partial charge in [-0.05, 0) is 29.8 Å². The van der Waals surface area contributed by atoms with E-state index in [2.05, 4.69) is 21.2 Å². The third kappa shape index (κ3) is 3.74.